The predicted molar refractivity (Wildman–Crippen MR) is 87.8 cm³/mol. The van der Waals surface area contributed by atoms with Crippen LogP contribution >= 0.6 is 15.9 Å². The number of nitrogens with zero attached hydrogens (tertiary/aromatic N) is 1. The van der Waals surface area contributed by atoms with Crippen molar-refractivity contribution < 1.29 is 19.1 Å². The van der Waals surface area contributed by atoms with Crippen LogP contribution in [0, 0.1) is 0 Å². The molecule has 22 heavy (non-hydrogen) atoms. The zero-order chi connectivity index (χ0) is 16.4. The summed E-state index contributed by atoms with van der Waals surface area (Å²) in [4.78, 5) is 25.8. The maximum atomic E-state index is 12.6. The number of benzene rings is 1. The highest BCUT2D eigenvalue weighted by molar-refractivity contribution is 9.10. The van der Waals surface area contributed by atoms with Crippen LogP contribution in [0.2, 0.25) is 0 Å². The minimum absolute atomic E-state index is 0.104. The molecule has 0 aliphatic carbocycles. The average Bonchev–Trinajstić information content (AvgIpc) is 2.51. The molecule has 1 aromatic carbocycles. The SMILES string of the molecule is CCOC(=O)CCN(CCCOC)C(=O)c1ccccc1Br. The summed E-state index contributed by atoms with van der Waals surface area (Å²) < 4.78 is 10.7. The van der Waals surface area contributed by atoms with Crippen LogP contribution in [0.3, 0.4) is 0 Å². The third-order valence-corrected chi connectivity index (χ3v) is 3.75. The van der Waals surface area contributed by atoms with E-state index in [0.29, 0.717) is 31.9 Å². The summed E-state index contributed by atoms with van der Waals surface area (Å²) in [6.07, 6.45) is 0.909. The molecule has 0 heterocycles. The number of ether oxygens (including phenoxy) is 2. The van der Waals surface area contributed by atoms with Gasteiger partial charge in [-0.3, -0.25) is 9.59 Å². The fourth-order valence-electron chi connectivity index (χ4n) is 1.98. The van der Waals surface area contributed by atoms with Crippen molar-refractivity contribution in [1.82, 2.24) is 4.90 Å². The van der Waals surface area contributed by atoms with E-state index in [1.54, 1.807) is 25.0 Å². The molecule has 1 rings (SSSR count). The lowest BCUT2D eigenvalue weighted by atomic mass is 10.2. The zero-order valence-electron chi connectivity index (χ0n) is 13.0. The van der Waals surface area contributed by atoms with Crippen LogP contribution in [0.4, 0.5) is 0 Å². The van der Waals surface area contributed by atoms with Crippen LogP contribution in [0.5, 0.6) is 0 Å². The van der Waals surface area contributed by atoms with E-state index < -0.39 is 0 Å². The van der Waals surface area contributed by atoms with Crippen LogP contribution in [0.1, 0.15) is 30.1 Å². The lowest BCUT2D eigenvalue weighted by Crippen LogP contribution is -2.34. The van der Waals surface area contributed by atoms with Crippen molar-refractivity contribution in [3.8, 4) is 0 Å². The maximum absolute atomic E-state index is 12.6. The number of amides is 1. The predicted octanol–water partition coefficient (Wildman–Crippen LogP) is 2.88. The molecule has 0 unspecified atom stereocenters. The summed E-state index contributed by atoms with van der Waals surface area (Å²) in [5, 5.41) is 0. The number of halogens is 1. The molecule has 0 radical (unpaired) electrons. The first kappa shape index (κ1) is 18.6. The smallest absolute Gasteiger partial charge is 0.307 e. The Hall–Kier alpha value is -1.40. The number of esters is 1. The van der Waals surface area contributed by atoms with E-state index in [2.05, 4.69) is 15.9 Å². The molecule has 1 aromatic rings. The molecule has 0 bridgehead atoms. The van der Waals surface area contributed by atoms with Gasteiger partial charge in [-0.25, -0.2) is 0 Å². The fourth-order valence-corrected chi connectivity index (χ4v) is 2.43. The van der Waals surface area contributed by atoms with Crippen molar-refractivity contribution >= 4 is 27.8 Å². The minimum Gasteiger partial charge on any atom is -0.466 e. The molecule has 0 aliphatic heterocycles. The number of rotatable bonds is 9. The van der Waals surface area contributed by atoms with Gasteiger partial charge in [0.1, 0.15) is 0 Å². The van der Waals surface area contributed by atoms with E-state index in [0.717, 1.165) is 10.9 Å². The second-order valence-corrected chi connectivity index (χ2v) is 5.53. The number of carbonyl (C=O) groups excluding carboxylic acids is 2. The molecule has 0 atom stereocenters. The molecule has 0 aliphatic rings. The number of hydrogen-bond donors (Lipinski definition) is 0. The molecule has 0 saturated carbocycles. The molecular formula is C16H22BrNO4. The third kappa shape index (κ3) is 6.15. The maximum Gasteiger partial charge on any atom is 0.307 e. The van der Waals surface area contributed by atoms with Gasteiger partial charge in [0.05, 0.1) is 18.6 Å². The Kier molecular flexibility index (Phi) is 8.77. The Morgan fingerprint density at radius 3 is 2.59 bits per heavy atom. The van der Waals surface area contributed by atoms with Crippen molar-refractivity contribution in [3.63, 3.8) is 0 Å². The number of methoxy groups -OCH3 is 1. The Morgan fingerprint density at radius 2 is 1.95 bits per heavy atom. The summed E-state index contributed by atoms with van der Waals surface area (Å²) in [5.41, 5.74) is 0.587. The molecule has 6 heteroatoms. The molecule has 122 valence electrons. The Balaban J connectivity index is 2.73. The van der Waals surface area contributed by atoms with E-state index in [1.165, 1.54) is 0 Å². The molecule has 1 amide bonds. The summed E-state index contributed by atoms with van der Waals surface area (Å²) in [6, 6.07) is 7.26. The monoisotopic (exact) mass is 371 g/mol. The fraction of sp³-hybridized carbons (Fsp3) is 0.500. The lowest BCUT2D eigenvalue weighted by molar-refractivity contribution is -0.143. The summed E-state index contributed by atoms with van der Waals surface area (Å²) in [7, 11) is 1.62. The average molecular weight is 372 g/mol. The van der Waals surface area contributed by atoms with Gasteiger partial charge in [0.25, 0.3) is 5.91 Å². The first-order chi connectivity index (χ1) is 10.6. The summed E-state index contributed by atoms with van der Waals surface area (Å²) in [6.45, 7) is 3.55. The van der Waals surface area contributed by atoms with Gasteiger partial charge in [-0.15, -0.1) is 0 Å². The summed E-state index contributed by atoms with van der Waals surface area (Å²) in [5.74, 6) is -0.396. The van der Waals surface area contributed by atoms with E-state index in [1.807, 2.05) is 18.2 Å². The topological polar surface area (TPSA) is 55.8 Å². The van der Waals surface area contributed by atoms with Crippen molar-refractivity contribution in [1.29, 1.82) is 0 Å². The van der Waals surface area contributed by atoms with Crippen LogP contribution < -0.4 is 0 Å². The van der Waals surface area contributed by atoms with E-state index >= 15 is 0 Å². The van der Waals surface area contributed by atoms with Gasteiger partial charge in [-0.1, -0.05) is 12.1 Å². The Labute approximate surface area is 139 Å². The normalized spacial score (nSPS) is 10.3. The van der Waals surface area contributed by atoms with Crippen molar-refractivity contribution in [2.45, 2.75) is 19.8 Å². The quantitative estimate of drug-likeness (QED) is 0.494. The van der Waals surface area contributed by atoms with Crippen LogP contribution in [0.25, 0.3) is 0 Å². The first-order valence-electron chi connectivity index (χ1n) is 7.28. The minimum atomic E-state index is -0.292. The van der Waals surface area contributed by atoms with E-state index in [-0.39, 0.29) is 18.3 Å². The van der Waals surface area contributed by atoms with Crippen LogP contribution in [0.15, 0.2) is 28.7 Å². The third-order valence-electron chi connectivity index (χ3n) is 3.06. The van der Waals surface area contributed by atoms with Gasteiger partial charge in [-0.2, -0.15) is 0 Å². The van der Waals surface area contributed by atoms with E-state index in [9.17, 15) is 9.59 Å². The van der Waals surface area contributed by atoms with Crippen LogP contribution in [-0.2, 0) is 14.3 Å². The van der Waals surface area contributed by atoms with Crippen LogP contribution in [-0.4, -0.2) is 50.2 Å². The zero-order valence-corrected chi connectivity index (χ0v) is 14.6. The largest absolute Gasteiger partial charge is 0.466 e. The first-order valence-corrected chi connectivity index (χ1v) is 8.07. The standard InChI is InChI=1S/C16H22BrNO4/c1-3-22-15(19)9-11-18(10-6-12-21-2)16(20)13-7-4-5-8-14(13)17/h4-5,7-8H,3,6,9-12H2,1-2H3. The number of hydrogen-bond acceptors (Lipinski definition) is 4. The Bertz CT molecular complexity index is 493. The van der Waals surface area contributed by atoms with Gasteiger partial charge in [0, 0.05) is 31.3 Å². The second kappa shape index (κ2) is 10.3. The Morgan fingerprint density at radius 1 is 1.23 bits per heavy atom. The van der Waals surface area contributed by atoms with Gasteiger partial charge < -0.3 is 14.4 Å². The molecule has 0 N–H and O–H groups in total. The highest BCUT2D eigenvalue weighted by Crippen LogP contribution is 2.18. The molecule has 5 nitrogen and oxygen atoms in total. The van der Waals surface area contributed by atoms with Gasteiger partial charge in [-0.05, 0) is 41.4 Å². The number of carbonyl (C=O) groups is 2. The molecule has 0 saturated heterocycles. The van der Waals surface area contributed by atoms with Gasteiger partial charge in [0.2, 0.25) is 0 Å². The van der Waals surface area contributed by atoms with Gasteiger partial charge >= 0.3 is 5.97 Å². The van der Waals surface area contributed by atoms with E-state index in [4.69, 9.17) is 9.47 Å². The molecule has 0 spiro atoms. The molecule has 0 fully saturated rings. The van der Waals surface area contributed by atoms with Crippen molar-refractivity contribution in [2.24, 2.45) is 0 Å². The molecule has 0 aromatic heterocycles. The highest BCUT2D eigenvalue weighted by Gasteiger charge is 2.18. The van der Waals surface area contributed by atoms with Gasteiger partial charge in [0.15, 0.2) is 0 Å². The second-order valence-electron chi connectivity index (χ2n) is 4.67. The van der Waals surface area contributed by atoms with Crippen molar-refractivity contribution in [3.05, 3.63) is 34.3 Å². The lowest BCUT2D eigenvalue weighted by Gasteiger charge is -2.23. The molecular weight excluding hydrogens is 350 g/mol. The summed E-state index contributed by atoms with van der Waals surface area (Å²) >= 11 is 3.39. The highest BCUT2D eigenvalue weighted by atomic mass is 79.9. The van der Waals surface area contributed by atoms with Crippen molar-refractivity contribution in [2.75, 3.05) is 33.4 Å².